The van der Waals surface area contributed by atoms with E-state index in [-0.39, 0.29) is 0 Å². The Labute approximate surface area is 176 Å². The normalized spacial score (nSPS) is 37.2. The lowest BCUT2D eigenvalue weighted by Crippen LogP contribution is -2.62. The highest BCUT2D eigenvalue weighted by atomic mass is 16.5. The first kappa shape index (κ1) is 19.8. The van der Waals surface area contributed by atoms with Crippen LogP contribution in [0.5, 0.6) is 5.75 Å². The molecule has 1 aromatic rings. The lowest BCUT2D eigenvalue weighted by atomic mass is 9.53. The molecule has 4 saturated carbocycles. The van der Waals surface area contributed by atoms with E-state index in [1.165, 1.54) is 44.2 Å². The Hall–Kier alpha value is -1.10. The van der Waals surface area contributed by atoms with Crippen molar-refractivity contribution in [3.05, 3.63) is 29.8 Å². The van der Waals surface area contributed by atoms with Crippen molar-refractivity contribution in [1.29, 1.82) is 0 Å². The van der Waals surface area contributed by atoms with Gasteiger partial charge >= 0.3 is 0 Å². The fraction of sp³-hybridized carbons (Fsp3) is 0.760. The summed E-state index contributed by atoms with van der Waals surface area (Å²) < 4.78 is 5.59. The third-order valence-electron chi connectivity index (χ3n) is 8.32. The zero-order valence-corrected chi connectivity index (χ0v) is 18.0. The van der Waals surface area contributed by atoms with Crippen LogP contribution in [0.3, 0.4) is 0 Å². The van der Waals surface area contributed by atoms with Gasteiger partial charge in [0.05, 0.1) is 6.61 Å². The van der Waals surface area contributed by atoms with Gasteiger partial charge in [0.15, 0.2) is 0 Å². The fourth-order valence-corrected chi connectivity index (χ4v) is 7.40. The van der Waals surface area contributed by atoms with Crippen molar-refractivity contribution >= 4 is 0 Å². The number of hydrogen-bond donors (Lipinski definition) is 1. The lowest BCUT2D eigenvalue weighted by molar-refractivity contribution is -0.0876. The molecule has 0 spiro atoms. The summed E-state index contributed by atoms with van der Waals surface area (Å²) in [5, 5.41) is 9.73. The number of aliphatic hydroxyl groups is 1. The van der Waals surface area contributed by atoms with Crippen LogP contribution >= 0.6 is 0 Å². The van der Waals surface area contributed by atoms with E-state index in [0.717, 1.165) is 61.5 Å². The van der Waals surface area contributed by atoms with Crippen molar-refractivity contribution in [1.82, 2.24) is 9.80 Å². The van der Waals surface area contributed by atoms with Gasteiger partial charge in [0, 0.05) is 44.9 Å². The van der Waals surface area contributed by atoms with Gasteiger partial charge in [-0.15, -0.1) is 0 Å². The van der Waals surface area contributed by atoms with E-state index in [2.05, 4.69) is 34.1 Å². The summed E-state index contributed by atoms with van der Waals surface area (Å²) in [5.41, 5.74) is 1.35. The highest BCUT2D eigenvalue weighted by Crippen LogP contribution is 2.55. The molecule has 1 N–H and O–H groups in total. The molecule has 1 aromatic carbocycles. The SMILES string of the molecule is CCOc1ccc(CN2CCN(C3C4CC5CC(C4)CC3C5)C[C@H]2CCO)cc1. The van der Waals surface area contributed by atoms with Crippen LogP contribution in [0.25, 0.3) is 0 Å². The van der Waals surface area contributed by atoms with Crippen LogP contribution < -0.4 is 4.74 Å². The summed E-state index contributed by atoms with van der Waals surface area (Å²) in [5.74, 6) is 4.96. The highest BCUT2D eigenvalue weighted by molar-refractivity contribution is 5.27. The van der Waals surface area contributed by atoms with E-state index >= 15 is 0 Å². The molecular formula is C25H38N2O2. The number of nitrogens with zero attached hydrogens (tertiary/aromatic N) is 2. The van der Waals surface area contributed by atoms with Crippen molar-refractivity contribution in [2.24, 2.45) is 23.7 Å². The number of rotatable bonds is 7. The Kier molecular flexibility index (Phi) is 5.86. The maximum Gasteiger partial charge on any atom is 0.119 e. The van der Waals surface area contributed by atoms with Crippen LogP contribution in [-0.4, -0.2) is 59.8 Å². The fourth-order valence-electron chi connectivity index (χ4n) is 7.40. The molecule has 1 aliphatic heterocycles. The molecule has 1 atom stereocenters. The maximum absolute atomic E-state index is 9.73. The maximum atomic E-state index is 9.73. The number of benzene rings is 1. The van der Waals surface area contributed by atoms with Gasteiger partial charge in [-0.25, -0.2) is 0 Å². The highest BCUT2D eigenvalue weighted by Gasteiger charge is 2.50. The quantitative estimate of drug-likeness (QED) is 0.758. The van der Waals surface area contributed by atoms with Crippen LogP contribution in [0.4, 0.5) is 0 Å². The minimum atomic E-state index is 0.292. The van der Waals surface area contributed by atoms with Crippen molar-refractivity contribution in [3.63, 3.8) is 0 Å². The Morgan fingerprint density at radius 3 is 2.28 bits per heavy atom. The molecule has 5 aliphatic rings. The zero-order valence-electron chi connectivity index (χ0n) is 18.0. The minimum Gasteiger partial charge on any atom is -0.494 e. The van der Waals surface area contributed by atoms with Gasteiger partial charge < -0.3 is 9.84 Å². The van der Waals surface area contributed by atoms with E-state index in [1.807, 2.05) is 6.92 Å². The van der Waals surface area contributed by atoms with E-state index in [9.17, 15) is 5.11 Å². The van der Waals surface area contributed by atoms with Gasteiger partial charge in [0.2, 0.25) is 0 Å². The number of hydrogen-bond acceptors (Lipinski definition) is 4. The van der Waals surface area contributed by atoms with E-state index in [0.29, 0.717) is 19.3 Å². The topological polar surface area (TPSA) is 35.9 Å². The first-order chi connectivity index (χ1) is 14.2. The van der Waals surface area contributed by atoms with Gasteiger partial charge in [-0.3, -0.25) is 9.80 Å². The summed E-state index contributed by atoms with van der Waals surface area (Å²) in [4.78, 5) is 5.46. The second-order valence-electron chi connectivity index (χ2n) is 10.1. The average molecular weight is 399 g/mol. The first-order valence-electron chi connectivity index (χ1n) is 12.0. The Bertz CT molecular complexity index is 648. The summed E-state index contributed by atoms with van der Waals surface area (Å²) in [6.07, 6.45) is 8.40. The molecule has 0 amide bonds. The van der Waals surface area contributed by atoms with Crippen LogP contribution in [0.1, 0.15) is 51.0 Å². The molecule has 0 radical (unpaired) electrons. The van der Waals surface area contributed by atoms with Gasteiger partial charge in [-0.1, -0.05) is 12.1 Å². The third-order valence-corrected chi connectivity index (χ3v) is 8.32. The zero-order chi connectivity index (χ0) is 19.8. The number of aliphatic hydroxyl groups excluding tert-OH is 1. The Balaban J connectivity index is 1.24. The molecule has 4 nitrogen and oxygen atoms in total. The number of piperazine rings is 1. The number of ether oxygens (including phenoxy) is 1. The van der Waals surface area contributed by atoms with E-state index in [4.69, 9.17) is 4.74 Å². The van der Waals surface area contributed by atoms with E-state index < -0.39 is 0 Å². The van der Waals surface area contributed by atoms with Crippen molar-refractivity contribution < 1.29 is 9.84 Å². The molecule has 4 heteroatoms. The predicted molar refractivity (Wildman–Crippen MR) is 116 cm³/mol. The van der Waals surface area contributed by atoms with Gasteiger partial charge in [0.1, 0.15) is 5.75 Å². The van der Waals surface area contributed by atoms with Crippen molar-refractivity contribution in [3.8, 4) is 5.75 Å². The molecule has 4 bridgehead atoms. The van der Waals surface area contributed by atoms with Crippen molar-refractivity contribution in [2.45, 2.75) is 64.1 Å². The molecular weight excluding hydrogens is 360 g/mol. The standard InChI is InChI=1S/C25H38N2O2/c1-2-29-24-5-3-18(4-6-24)16-26-8-9-27(17-23(26)7-10-28)25-21-12-19-11-20(14-21)15-22(25)13-19/h3-6,19-23,25,28H,2,7-17H2,1H3/t19?,20?,21?,22?,23-,25?/m1/s1. The first-order valence-corrected chi connectivity index (χ1v) is 12.0. The summed E-state index contributed by atoms with van der Waals surface area (Å²) in [6, 6.07) is 9.88. The molecule has 0 aromatic heterocycles. The molecule has 6 rings (SSSR count). The van der Waals surface area contributed by atoms with Crippen LogP contribution in [0, 0.1) is 23.7 Å². The van der Waals surface area contributed by atoms with Gasteiger partial charge in [-0.2, -0.15) is 0 Å². The predicted octanol–water partition coefficient (Wildman–Crippen LogP) is 3.78. The molecule has 1 heterocycles. The minimum absolute atomic E-state index is 0.292. The molecule has 0 unspecified atom stereocenters. The monoisotopic (exact) mass is 398 g/mol. The van der Waals surface area contributed by atoms with E-state index in [1.54, 1.807) is 0 Å². The Morgan fingerprint density at radius 2 is 1.66 bits per heavy atom. The van der Waals surface area contributed by atoms with Crippen molar-refractivity contribution in [2.75, 3.05) is 32.8 Å². The van der Waals surface area contributed by atoms with Gasteiger partial charge in [0.25, 0.3) is 0 Å². The average Bonchev–Trinajstić information content (AvgIpc) is 2.71. The smallest absolute Gasteiger partial charge is 0.119 e. The van der Waals surface area contributed by atoms with Gasteiger partial charge in [-0.05, 0) is 86.8 Å². The van der Waals surface area contributed by atoms with Crippen LogP contribution in [0.2, 0.25) is 0 Å². The third kappa shape index (κ3) is 4.08. The summed E-state index contributed by atoms with van der Waals surface area (Å²) in [7, 11) is 0. The molecule has 5 fully saturated rings. The largest absolute Gasteiger partial charge is 0.494 e. The summed E-state index contributed by atoms with van der Waals surface area (Å²) in [6.45, 7) is 7.48. The molecule has 4 aliphatic carbocycles. The Morgan fingerprint density at radius 1 is 0.966 bits per heavy atom. The van der Waals surface area contributed by atoms with Crippen LogP contribution in [-0.2, 0) is 6.54 Å². The second-order valence-corrected chi connectivity index (χ2v) is 10.1. The summed E-state index contributed by atoms with van der Waals surface area (Å²) >= 11 is 0. The molecule has 1 saturated heterocycles. The lowest BCUT2D eigenvalue weighted by Gasteiger charge is -2.59. The molecule has 29 heavy (non-hydrogen) atoms. The van der Waals surface area contributed by atoms with Crippen LogP contribution in [0.15, 0.2) is 24.3 Å². The molecule has 160 valence electrons. The second kappa shape index (κ2) is 8.56.